The molecule has 1 heterocycles. The molecule has 0 aliphatic heterocycles. The summed E-state index contributed by atoms with van der Waals surface area (Å²) in [6.07, 6.45) is 4.69. The fourth-order valence-electron chi connectivity index (χ4n) is 5.01. The number of amides is 1. The molecule has 0 spiro atoms. The van der Waals surface area contributed by atoms with Crippen molar-refractivity contribution in [2.45, 2.75) is 57.9 Å². The SMILES string of the molecule is Cc1c(CCC(=O)O)cccc1NC(=O)C(c1ccc(Cn2nc(Cl)ccc2=O)cc1)C1CCCC1. The van der Waals surface area contributed by atoms with E-state index in [1.54, 1.807) is 0 Å². The number of halogens is 1. The van der Waals surface area contributed by atoms with Crippen LogP contribution in [0.2, 0.25) is 5.15 Å². The number of hydrogen-bond donors (Lipinski definition) is 2. The number of carboxylic acids is 1. The third kappa shape index (κ3) is 6.21. The highest BCUT2D eigenvalue weighted by Crippen LogP contribution is 2.38. The van der Waals surface area contributed by atoms with Crippen LogP contribution in [0.15, 0.2) is 59.4 Å². The molecule has 3 aromatic rings. The van der Waals surface area contributed by atoms with E-state index in [0.717, 1.165) is 47.9 Å². The minimum Gasteiger partial charge on any atom is -0.481 e. The third-order valence-electron chi connectivity index (χ3n) is 6.97. The summed E-state index contributed by atoms with van der Waals surface area (Å²) >= 11 is 5.93. The van der Waals surface area contributed by atoms with E-state index in [1.807, 2.05) is 49.4 Å². The van der Waals surface area contributed by atoms with Crippen molar-refractivity contribution in [3.05, 3.63) is 92.4 Å². The molecule has 7 nitrogen and oxygen atoms in total. The van der Waals surface area contributed by atoms with Gasteiger partial charge in [0.15, 0.2) is 0 Å². The standard InChI is InChI=1S/C28H30ClN3O4/c1-18-20(13-16-26(34)35)7-4-8-23(18)30-28(36)27(21-5-2-3-6-21)22-11-9-19(10-12-22)17-32-25(33)15-14-24(29)31-32/h4,7-12,14-15,21,27H,2-3,5-6,13,16-17H2,1H3,(H,30,36)(H,34,35). The minimum absolute atomic E-state index is 0.0477. The fraction of sp³-hybridized carbons (Fsp3) is 0.357. The van der Waals surface area contributed by atoms with Crippen LogP contribution in [0, 0.1) is 12.8 Å². The predicted octanol–water partition coefficient (Wildman–Crippen LogP) is 5.18. The Hall–Kier alpha value is -3.45. The Balaban J connectivity index is 1.55. The molecule has 36 heavy (non-hydrogen) atoms. The fourth-order valence-corrected chi connectivity index (χ4v) is 5.16. The monoisotopic (exact) mass is 507 g/mol. The lowest BCUT2D eigenvalue weighted by Gasteiger charge is -2.24. The Bertz CT molecular complexity index is 1300. The topological polar surface area (TPSA) is 101 Å². The van der Waals surface area contributed by atoms with Crippen molar-refractivity contribution in [3.8, 4) is 0 Å². The predicted molar refractivity (Wildman–Crippen MR) is 140 cm³/mol. The van der Waals surface area contributed by atoms with E-state index in [1.165, 1.54) is 16.8 Å². The molecule has 2 N–H and O–H groups in total. The maximum absolute atomic E-state index is 13.6. The largest absolute Gasteiger partial charge is 0.481 e. The normalized spacial score (nSPS) is 14.5. The number of benzene rings is 2. The van der Waals surface area contributed by atoms with Crippen LogP contribution in [0.1, 0.15) is 60.3 Å². The second-order valence-electron chi connectivity index (χ2n) is 9.39. The average Bonchev–Trinajstić information content (AvgIpc) is 3.37. The van der Waals surface area contributed by atoms with Crippen molar-refractivity contribution < 1.29 is 14.7 Å². The van der Waals surface area contributed by atoms with E-state index in [4.69, 9.17) is 16.7 Å². The molecule has 0 saturated heterocycles. The molecule has 4 rings (SSSR count). The van der Waals surface area contributed by atoms with Crippen molar-refractivity contribution >= 4 is 29.2 Å². The maximum Gasteiger partial charge on any atom is 0.303 e. The Labute approximate surface area is 215 Å². The lowest BCUT2D eigenvalue weighted by molar-refractivity contribution is -0.137. The van der Waals surface area contributed by atoms with Crippen molar-refractivity contribution in [1.29, 1.82) is 0 Å². The summed E-state index contributed by atoms with van der Waals surface area (Å²) in [5, 5.41) is 16.5. The zero-order chi connectivity index (χ0) is 25.7. The van der Waals surface area contributed by atoms with E-state index in [0.29, 0.717) is 18.7 Å². The zero-order valence-corrected chi connectivity index (χ0v) is 21.0. The number of nitrogens with one attached hydrogen (secondary N) is 1. The summed E-state index contributed by atoms with van der Waals surface area (Å²) in [4.78, 5) is 36.7. The number of carbonyl (C=O) groups excluding carboxylic acids is 1. The van der Waals surface area contributed by atoms with Gasteiger partial charge in [0.05, 0.1) is 12.5 Å². The van der Waals surface area contributed by atoms with E-state index in [9.17, 15) is 14.4 Å². The number of anilines is 1. The van der Waals surface area contributed by atoms with Crippen molar-refractivity contribution in [1.82, 2.24) is 9.78 Å². The zero-order valence-electron chi connectivity index (χ0n) is 20.2. The van der Waals surface area contributed by atoms with Crippen LogP contribution in [0.3, 0.4) is 0 Å². The number of aromatic nitrogens is 2. The number of rotatable bonds is 9. The van der Waals surface area contributed by atoms with Gasteiger partial charge in [-0.25, -0.2) is 4.68 Å². The van der Waals surface area contributed by atoms with Crippen LogP contribution in [0.4, 0.5) is 5.69 Å². The maximum atomic E-state index is 13.6. The molecule has 1 amide bonds. The summed E-state index contributed by atoms with van der Waals surface area (Å²) in [6, 6.07) is 16.3. The molecule has 0 bridgehead atoms. The molecule has 1 saturated carbocycles. The molecule has 1 fully saturated rings. The molecule has 2 aromatic carbocycles. The highest BCUT2D eigenvalue weighted by atomic mass is 35.5. The van der Waals surface area contributed by atoms with Crippen LogP contribution in [-0.2, 0) is 22.6 Å². The highest BCUT2D eigenvalue weighted by Gasteiger charge is 2.32. The molecule has 1 aromatic heterocycles. The summed E-state index contributed by atoms with van der Waals surface area (Å²) in [6.45, 7) is 2.21. The number of nitrogens with zero attached hydrogens (tertiary/aromatic N) is 2. The molecule has 1 aliphatic carbocycles. The Morgan fingerprint density at radius 2 is 1.83 bits per heavy atom. The van der Waals surface area contributed by atoms with Gasteiger partial charge >= 0.3 is 5.97 Å². The Kier molecular flexibility index (Phi) is 8.21. The second-order valence-corrected chi connectivity index (χ2v) is 9.78. The molecule has 8 heteroatoms. The number of aliphatic carboxylic acids is 1. The van der Waals surface area contributed by atoms with Gasteiger partial charge < -0.3 is 10.4 Å². The van der Waals surface area contributed by atoms with Crippen molar-refractivity contribution in [3.63, 3.8) is 0 Å². The second kappa shape index (κ2) is 11.5. The quantitative estimate of drug-likeness (QED) is 0.415. The number of aryl methyl sites for hydroxylation is 1. The van der Waals surface area contributed by atoms with Gasteiger partial charge in [-0.05, 0) is 66.5 Å². The van der Waals surface area contributed by atoms with E-state index >= 15 is 0 Å². The summed E-state index contributed by atoms with van der Waals surface area (Å²) in [5.74, 6) is -0.940. The van der Waals surface area contributed by atoms with Gasteiger partial charge in [-0.15, -0.1) is 0 Å². The van der Waals surface area contributed by atoms with E-state index in [-0.39, 0.29) is 34.9 Å². The van der Waals surface area contributed by atoms with Gasteiger partial charge in [0.25, 0.3) is 5.56 Å². The lowest BCUT2D eigenvalue weighted by atomic mass is 9.83. The third-order valence-corrected chi connectivity index (χ3v) is 7.17. The first-order valence-electron chi connectivity index (χ1n) is 12.3. The number of hydrogen-bond acceptors (Lipinski definition) is 4. The van der Waals surface area contributed by atoms with Gasteiger partial charge in [-0.3, -0.25) is 14.4 Å². The Morgan fingerprint density at radius 1 is 1.11 bits per heavy atom. The van der Waals surface area contributed by atoms with E-state index < -0.39 is 5.97 Å². The van der Waals surface area contributed by atoms with Gasteiger partial charge in [-0.1, -0.05) is 60.8 Å². The molecular weight excluding hydrogens is 478 g/mol. The average molecular weight is 508 g/mol. The van der Waals surface area contributed by atoms with Crippen LogP contribution in [-0.4, -0.2) is 26.8 Å². The van der Waals surface area contributed by atoms with Gasteiger partial charge in [0.1, 0.15) is 5.15 Å². The first-order chi connectivity index (χ1) is 17.3. The molecular formula is C28H30ClN3O4. The van der Waals surface area contributed by atoms with Gasteiger partial charge in [-0.2, -0.15) is 5.10 Å². The molecule has 1 unspecified atom stereocenters. The first kappa shape index (κ1) is 25.6. The van der Waals surface area contributed by atoms with Gasteiger partial charge in [0, 0.05) is 18.2 Å². The summed E-state index contributed by atoms with van der Waals surface area (Å²) < 4.78 is 1.32. The molecule has 188 valence electrons. The Morgan fingerprint density at radius 3 is 2.53 bits per heavy atom. The van der Waals surface area contributed by atoms with Crippen LogP contribution in [0.5, 0.6) is 0 Å². The molecule has 0 radical (unpaired) electrons. The minimum atomic E-state index is -0.843. The summed E-state index contributed by atoms with van der Waals surface area (Å²) in [5.41, 5.74) is 4.13. The first-order valence-corrected chi connectivity index (χ1v) is 12.6. The van der Waals surface area contributed by atoms with Gasteiger partial charge in [0.2, 0.25) is 5.91 Å². The molecule has 1 aliphatic rings. The van der Waals surface area contributed by atoms with Crippen molar-refractivity contribution in [2.75, 3.05) is 5.32 Å². The number of carboxylic acid groups (broad SMARTS) is 1. The van der Waals surface area contributed by atoms with Crippen LogP contribution < -0.4 is 10.9 Å². The van der Waals surface area contributed by atoms with Crippen molar-refractivity contribution in [2.24, 2.45) is 5.92 Å². The van der Waals surface area contributed by atoms with Crippen LogP contribution >= 0.6 is 11.6 Å². The molecule has 1 atom stereocenters. The van der Waals surface area contributed by atoms with E-state index in [2.05, 4.69) is 10.4 Å². The summed E-state index contributed by atoms with van der Waals surface area (Å²) in [7, 11) is 0. The lowest BCUT2D eigenvalue weighted by Crippen LogP contribution is -2.27. The highest BCUT2D eigenvalue weighted by molar-refractivity contribution is 6.29. The van der Waals surface area contributed by atoms with Crippen LogP contribution in [0.25, 0.3) is 0 Å². The number of carbonyl (C=O) groups is 2. The smallest absolute Gasteiger partial charge is 0.303 e.